The van der Waals surface area contributed by atoms with Gasteiger partial charge < -0.3 is 4.98 Å². The van der Waals surface area contributed by atoms with Crippen molar-refractivity contribution in [3.63, 3.8) is 0 Å². The molecule has 0 saturated heterocycles. The molecule has 0 radical (unpaired) electrons. The van der Waals surface area contributed by atoms with Crippen molar-refractivity contribution in [2.24, 2.45) is 0 Å². The fourth-order valence-electron chi connectivity index (χ4n) is 2.46. The molecule has 0 bridgehead atoms. The van der Waals surface area contributed by atoms with E-state index in [0.717, 1.165) is 41.4 Å². The maximum atomic E-state index is 8.97. The lowest BCUT2D eigenvalue weighted by atomic mass is 10.2. The van der Waals surface area contributed by atoms with Crippen molar-refractivity contribution in [1.82, 2.24) is 14.9 Å². The first-order valence-electron chi connectivity index (χ1n) is 6.69. The second-order valence-corrected chi connectivity index (χ2v) is 5.39. The third kappa shape index (κ3) is 3.46. The van der Waals surface area contributed by atoms with Crippen molar-refractivity contribution >= 4 is 0 Å². The zero-order valence-electron chi connectivity index (χ0n) is 12.5. The average molecular weight is 268 g/mol. The summed E-state index contributed by atoms with van der Waals surface area (Å²) in [5, 5.41) is 8.97. The summed E-state index contributed by atoms with van der Waals surface area (Å²) in [6.07, 6.45) is 0. The molecule has 104 valence electrons. The van der Waals surface area contributed by atoms with Gasteiger partial charge in [0.15, 0.2) is 0 Å². The van der Waals surface area contributed by atoms with E-state index in [-0.39, 0.29) is 0 Å². The fraction of sp³-hybridized carbons (Fsp3) is 0.375. The first-order valence-corrected chi connectivity index (χ1v) is 6.69. The van der Waals surface area contributed by atoms with Gasteiger partial charge in [0, 0.05) is 30.2 Å². The van der Waals surface area contributed by atoms with Gasteiger partial charge in [-0.3, -0.25) is 9.88 Å². The summed E-state index contributed by atoms with van der Waals surface area (Å²) in [5.41, 5.74) is 6.08. The average Bonchev–Trinajstić information content (AvgIpc) is 2.67. The summed E-state index contributed by atoms with van der Waals surface area (Å²) >= 11 is 0. The van der Waals surface area contributed by atoms with Gasteiger partial charge >= 0.3 is 0 Å². The maximum absolute atomic E-state index is 8.97. The molecule has 2 heterocycles. The minimum atomic E-state index is 0.720. The smallest absolute Gasteiger partial charge is 0.101 e. The Bertz CT molecular complexity index is 629. The third-order valence-electron chi connectivity index (χ3n) is 3.21. The number of H-pyrrole nitrogens is 1. The van der Waals surface area contributed by atoms with E-state index < -0.39 is 0 Å². The standard InChI is InChI=1S/C16H20N4/c1-11-5-12(2)18-15(6-11)9-20(4)10-16-7-14(8-17)13(3)19-16/h5-7,19H,9-10H2,1-4H3. The van der Waals surface area contributed by atoms with Gasteiger partial charge in [0.25, 0.3) is 0 Å². The predicted molar refractivity (Wildman–Crippen MR) is 79.1 cm³/mol. The van der Waals surface area contributed by atoms with Crippen LogP contribution in [0.5, 0.6) is 0 Å². The summed E-state index contributed by atoms with van der Waals surface area (Å²) < 4.78 is 0. The number of aromatic nitrogens is 2. The van der Waals surface area contributed by atoms with Crippen molar-refractivity contribution in [2.45, 2.75) is 33.9 Å². The van der Waals surface area contributed by atoms with Crippen LogP contribution in [0.2, 0.25) is 0 Å². The van der Waals surface area contributed by atoms with Crippen molar-refractivity contribution < 1.29 is 0 Å². The first-order chi connectivity index (χ1) is 9.47. The minimum Gasteiger partial charge on any atom is -0.360 e. The number of aromatic amines is 1. The zero-order valence-corrected chi connectivity index (χ0v) is 12.5. The number of aryl methyl sites for hydroxylation is 3. The molecule has 0 unspecified atom stereocenters. The molecule has 0 atom stereocenters. The molecule has 0 aliphatic rings. The highest BCUT2D eigenvalue weighted by atomic mass is 15.1. The van der Waals surface area contributed by atoms with Crippen LogP contribution in [0.3, 0.4) is 0 Å². The van der Waals surface area contributed by atoms with Crippen LogP contribution in [-0.2, 0) is 13.1 Å². The molecular weight excluding hydrogens is 248 g/mol. The largest absolute Gasteiger partial charge is 0.360 e. The van der Waals surface area contributed by atoms with Crippen LogP contribution in [0.1, 0.15) is 33.9 Å². The number of hydrogen-bond donors (Lipinski definition) is 1. The van der Waals surface area contributed by atoms with Gasteiger partial charge in [-0.05, 0) is 51.6 Å². The Hall–Kier alpha value is -2.12. The number of nitriles is 1. The first kappa shape index (κ1) is 14.3. The SMILES string of the molecule is Cc1cc(C)nc(CN(C)Cc2cc(C#N)c(C)[nH]2)c1. The Morgan fingerprint density at radius 3 is 2.55 bits per heavy atom. The number of pyridine rings is 1. The van der Waals surface area contributed by atoms with E-state index in [4.69, 9.17) is 5.26 Å². The molecule has 2 aromatic rings. The van der Waals surface area contributed by atoms with E-state index in [1.807, 2.05) is 19.9 Å². The van der Waals surface area contributed by atoms with Gasteiger partial charge in [-0.15, -0.1) is 0 Å². The number of nitrogens with zero attached hydrogens (tertiary/aromatic N) is 3. The number of hydrogen-bond acceptors (Lipinski definition) is 3. The lowest BCUT2D eigenvalue weighted by Gasteiger charge is -2.16. The second kappa shape index (κ2) is 5.89. The van der Waals surface area contributed by atoms with Gasteiger partial charge in [-0.1, -0.05) is 0 Å². The predicted octanol–water partition coefficient (Wildman–Crippen LogP) is 2.84. The molecule has 1 N–H and O–H groups in total. The Morgan fingerprint density at radius 1 is 1.20 bits per heavy atom. The van der Waals surface area contributed by atoms with E-state index in [2.05, 4.69) is 47.0 Å². The van der Waals surface area contributed by atoms with Crippen LogP contribution in [0.25, 0.3) is 0 Å². The maximum Gasteiger partial charge on any atom is 0.101 e. The molecule has 4 nitrogen and oxygen atoms in total. The summed E-state index contributed by atoms with van der Waals surface area (Å²) in [7, 11) is 2.06. The van der Waals surface area contributed by atoms with Gasteiger partial charge in [-0.25, -0.2) is 0 Å². The molecule has 2 rings (SSSR count). The number of nitrogens with one attached hydrogen (secondary N) is 1. The quantitative estimate of drug-likeness (QED) is 0.927. The molecule has 20 heavy (non-hydrogen) atoms. The fourth-order valence-corrected chi connectivity index (χ4v) is 2.46. The molecule has 0 aliphatic heterocycles. The van der Waals surface area contributed by atoms with Crippen molar-refractivity contribution in [1.29, 1.82) is 5.26 Å². The lowest BCUT2D eigenvalue weighted by molar-refractivity contribution is 0.311. The van der Waals surface area contributed by atoms with Gasteiger partial charge in [0.1, 0.15) is 6.07 Å². The zero-order chi connectivity index (χ0) is 14.7. The van der Waals surface area contributed by atoms with Crippen LogP contribution in [0.4, 0.5) is 0 Å². The molecule has 0 aliphatic carbocycles. The summed E-state index contributed by atoms with van der Waals surface area (Å²) in [6.45, 7) is 7.60. The summed E-state index contributed by atoms with van der Waals surface area (Å²) in [4.78, 5) is 9.99. The van der Waals surface area contributed by atoms with Crippen LogP contribution < -0.4 is 0 Å². The van der Waals surface area contributed by atoms with Crippen LogP contribution in [0, 0.1) is 32.1 Å². The highest BCUT2D eigenvalue weighted by molar-refractivity contribution is 5.35. The van der Waals surface area contributed by atoms with Crippen molar-refractivity contribution in [3.8, 4) is 6.07 Å². The summed E-state index contributed by atoms with van der Waals surface area (Å²) in [6, 6.07) is 8.30. The number of rotatable bonds is 4. The van der Waals surface area contributed by atoms with E-state index >= 15 is 0 Å². The Morgan fingerprint density at radius 2 is 1.95 bits per heavy atom. The van der Waals surface area contributed by atoms with E-state index in [1.165, 1.54) is 5.56 Å². The van der Waals surface area contributed by atoms with Gasteiger partial charge in [-0.2, -0.15) is 5.26 Å². The Labute approximate surface area is 120 Å². The highest BCUT2D eigenvalue weighted by Crippen LogP contribution is 2.12. The Balaban J connectivity index is 2.05. The molecule has 0 fully saturated rings. The Kier molecular flexibility index (Phi) is 4.21. The molecule has 0 aromatic carbocycles. The van der Waals surface area contributed by atoms with Crippen LogP contribution in [-0.4, -0.2) is 21.9 Å². The monoisotopic (exact) mass is 268 g/mol. The van der Waals surface area contributed by atoms with Gasteiger partial charge in [0.05, 0.1) is 11.3 Å². The molecular formula is C16H20N4. The third-order valence-corrected chi connectivity index (χ3v) is 3.21. The van der Waals surface area contributed by atoms with E-state index in [1.54, 1.807) is 0 Å². The molecule has 0 amide bonds. The lowest BCUT2D eigenvalue weighted by Crippen LogP contribution is -2.18. The topological polar surface area (TPSA) is 55.7 Å². The molecule has 0 spiro atoms. The highest BCUT2D eigenvalue weighted by Gasteiger charge is 2.08. The molecule has 0 saturated carbocycles. The van der Waals surface area contributed by atoms with E-state index in [9.17, 15) is 0 Å². The van der Waals surface area contributed by atoms with E-state index in [0.29, 0.717) is 0 Å². The molecule has 4 heteroatoms. The second-order valence-electron chi connectivity index (χ2n) is 5.39. The minimum absolute atomic E-state index is 0.720. The van der Waals surface area contributed by atoms with Crippen LogP contribution >= 0.6 is 0 Å². The van der Waals surface area contributed by atoms with Crippen molar-refractivity contribution in [2.75, 3.05) is 7.05 Å². The normalized spacial score (nSPS) is 10.8. The van der Waals surface area contributed by atoms with Gasteiger partial charge in [0.2, 0.25) is 0 Å². The summed E-state index contributed by atoms with van der Waals surface area (Å²) in [5.74, 6) is 0. The van der Waals surface area contributed by atoms with Crippen LogP contribution in [0.15, 0.2) is 18.2 Å². The molecule has 2 aromatic heterocycles. The van der Waals surface area contributed by atoms with Crippen molar-refractivity contribution in [3.05, 3.63) is 52.1 Å².